The van der Waals surface area contributed by atoms with Crippen molar-refractivity contribution in [3.05, 3.63) is 54.1 Å². The Morgan fingerprint density at radius 3 is 2.62 bits per heavy atom. The number of aliphatic hydroxyl groups is 1. The summed E-state index contributed by atoms with van der Waals surface area (Å²) >= 11 is 0. The average molecular weight is 332 g/mol. The molecule has 0 radical (unpaired) electrons. The summed E-state index contributed by atoms with van der Waals surface area (Å²) in [5.74, 6) is -0.131. The van der Waals surface area contributed by atoms with Crippen LogP contribution in [0.2, 0.25) is 0 Å². The third kappa shape index (κ3) is 4.87. The Kier molecular flexibility index (Phi) is 5.96. The molecule has 0 bridgehead atoms. The number of rotatable bonds is 6. The van der Waals surface area contributed by atoms with Crippen LogP contribution in [-0.2, 0) is 13.1 Å². The fourth-order valence-corrected chi connectivity index (χ4v) is 3.21. The fraction of sp³-hybridized carbons (Fsp3) is 0.500. The van der Waals surface area contributed by atoms with E-state index in [-0.39, 0.29) is 5.82 Å². The van der Waals surface area contributed by atoms with E-state index >= 15 is 0 Å². The number of β-amino-alcohol motifs (C(OH)–C–C–N with tert-alkyl or cyclic N) is 1. The van der Waals surface area contributed by atoms with Crippen molar-refractivity contribution in [3.8, 4) is 0 Å². The number of hydrogen-bond donors (Lipinski definition) is 1. The molecule has 2 aromatic rings. The maximum Gasteiger partial charge on any atom is 0.127 e. The molecule has 5 nitrogen and oxygen atoms in total. The minimum Gasteiger partial charge on any atom is -0.390 e. The van der Waals surface area contributed by atoms with Crippen LogP contribution in [-0.4, -0.2) is 63.5 Å². The molecule has 0 saturated carbocycles. The Balaban J connectivity index is 1.47. The molecule has 1 saturated heterocycles. The summed E-state index contributed by atoms with van der Waals surface area (Å²) in [6.45, 7) is 5.52. The molecule has 24 heavy (non-hydrogen) atoms. The lowest BCUT2D eigenvalue weighted by Crippen LogP contribution is -2.37. The Bertz CT molecular complexity index is 619. The molecule has 1 aliphatic rings. The van der Waals surface area contributed by atoms with Gasteiger partial charge in [-0.1, -0.05) is 18.2 Å². The zero-order valence-electron chi connectivity index (χ0n) is 13.9. The van der Waals surface area contributed by atoms with Crippen LogP contribution < -0.4 is 0 Å². The van der Waals surface area contributed by atoms with Gasteiger partial charge in [-0.3, -0.25) is 14.5 Å². The van der Waals surface area contributed by atoms with Gasteiger partial charge in [0.1, 0.15) is 5.82 Å². The van der Waals surface area contributed by atoms with Gasteiger partial charge in [0.25, 0.3) is 0 Å². The van der Waals surface area contributed by atoms with E-state index < -0.39 is 6.10 Å². The Labute approximate surface area is 142 Å². The van der Waals surface area contributed by atoms with E-state index in [0.717, 1.165) is 38.2 Å². The van der Waals surface area contributed by atoms with E-state index in [9.17, 15) is 9.50 Å². The second-order valence-electron chi connectivity index (χ2n) is 6.40. The standard InChI is InChI=1S/C18H25FN4O/c19-18-6-2-1-5-16(18)13-21-8-4-9-22(12-11-21)14-17(24)15-23-10-3-7-20-23/h1-3,5-7,10,17,24H,4,8-9,11-15H2. The van der Waals surface area contributed by atoms with E-state index in [4.69, 9.17) is 0 Å². The van der Waals surface area contributed by atoms with E-state index in [0.29, 0.717) is 19.6 Å². The third-order valence-corrected chi connectivity index (χ3v) is 4.46. The van der Waals surface area contributed by atoms with Crippen molar-refractivity contribution in [1.29, 1.82) is 0 Å². The zero-order valence-corrected chi connectivity index (χ0v) is 13.9. The predicted molar refractivity (Wildman–Crippen MR) is 91.0 cm³/mol. The van der Waals surface area contributed by atoms with Gasteiger partial charge in [0.05, 0.1) is 12.6 Å². The topological polar surface area (TPSA) is 44.5 Å². The molecule has 0 spiro atoms. The number of halogens is 1. The molecule has 1 aromatic heterocycles. The highest BCUT2D eigenvalue weighted by atomic mass is 19.1. The third-order valence-electron chi connectivity index (χ3n) is 4.46. The highest BCUT2D eigenvalue weighted by molar-refractivity contribution is 5.17. The smallest absolute Gasteiger partial charge is 0.127 e. The van der Waals surface area contributed by atoms with Gasteiger partial charge in [-0.05, 0) is 31.6 Å². The molecule has 1 N–H and O–H groups in total. The van der Waals surface area contributed by atoms with Crippen LogP contribution in [0.5, 0.6) is 0 Å². The second-order valence-corrected chi connectivity index (χ2v) is 6.40. The first kappa shape index (κ1) is 17.1. The summed E-state index contributed by atoms with van der Waals surface area (Å²) in [4.78, 5) is 4.58. The largest absolute Gasteiger partial charge is 0.390 e. The van der Waals surface area contributed by atoms with Crippen molar-refractivity contribution in [2.75, 3.05) is 32.7 Å². The quantitative estimate of drug-likeness (QED) is 0.873. The summed E-state index contributed by atoms with van der Waals surface area (Å²) < 4.78 is 15.6. The first-order valence-corrected chi connectivity index (χ1v) is 8.54. The minimum absolute atomic E-state index is 0.131. The molecule has 1 fully saturated rings. The van der Waals surface area contributed by atoms with Gasteiger partial charge < -0.3 is 5.11 Å². The van der Waals surface area contributed by atoms with Gasteiger partial charge in [-0.25, -0.2) is 4.39 Å². The van der Waals surface area contributed by atoms with Crippen molar-refractivity contribution < 1.29 is 9.50 Å². The van der Waals surface area contributed by atoms with Gasteiger partial charge >= 0.3 is 0 Å². The fourth-order valence-electron chi connectivity index (χ4n) is 3.21. The number of benzene rings is 1. The van der Waals surface area contributed by atoms with E-state index in [1.165, 1.54) is 6.07 Å². The SMILES string of the molecule is OC(CN1CCCN(Cc2ccccc2F)CC1)Cn1cccn1. The molecule has 1 aromatic carbocycles. The van der Waals surface area contributed by atoms with Crippen molar-refractivity contribution in [2.45, 2.75) is 25.6 Å². The first-order valence-electron chi connectivity index (χ1n) is 8.54. The zero-order chi connectivity index (χ0) is 16.8. The average Bonchev–Trinajstić information content (AvgIpc) is 2.97. The second kappa shape index (κ2) is 8.37. The van der Waals surface area contributed by atoms with Gasteiger partial charge in [-0.15, -0.1) is 0 Å². The van der Waals surface area contributed by atoms with Crippen LogP contribution in [0.4, 0.5) is 4.39 Å². The number of hydrogen-bond acceptors (Lipinski definition) is 4. The molecule has 130 valence electrons. The highest BCUT2D eigenvalue weighted by Crippen LogP contribution is 2.12. The summed E-state index contributed by atoms with van der Waals surface area (Å²) in [5.41, 5.74) is 0.754. The monoisotopic (exact) mass is 332 g/mol. The Morgan fingerprint density at radius 2 is 1.83 bits per heavy atom. The van der Waals surface area contributed by atoms with Gasteiger partial charge in [0, 0.05) is 44.1 Å². The molecular weight excluding hydrogens is 307 g/mol. The van der Waals surface area contributed by atoms with Crippen LogP contribution in [0.25, 0.3) is 0 Å². The normalized spacial score (nSPS) is 18.4. The summed E-state index contributed by atoms with van der Waals surface area (Å²) in [6, 6.07) is 8.84. The lowest BCUT2D eigenvalue weighted by atomic mass is 10.2. The number of aromatic nitrogens is 2. The Morgan fingerprint density at radius 1 is 1.04 bits per heavy atom. The highest BCUT2D eigenvalue weighted by Gasteiger charge is 2.18. The van der Waals surface area contributed by atoms with Crippen molar-refractivity contribution in [2.24, 2.45) is 0 Å². The predicted octanol–water partition coefficient (Wildman–Crippen LogP) is 1.59. The molecule has 1 unspecified atom stereocenters. The van der Waals surface area contributed by atoms with Gasteiger partial charge in [-0.2, -0.15) is 5.10 Å². The summed E-state index contributed by atoms with van der Waals surface area (Å²) in [6.07, 6.45) is 4.19. The van der Waals surface area contributed by atoms with Crippen LogP contribution in [0.3, 0.4) is 0 Å². The number of aliphatic hydroxyl groups excluding tert-OH is 1. The number of nitrogens with zero attached hydrogens (tertiary/aromatic N) is 4. The van der Waals surface area contributed by atoms with Gasteiger partial charge in [0.2, 0.25) is 0 Å². The molecular formula is C18H25FN4O. The summed E-state index contributed by atoms with van der Waals surface area (Å²) in [7, 11) is 0. The molecule has 6 heteroatoms. The molecule has 1 aliphatic heterocycles. The maximum absolute atomic E-state index is 13.8. The maximum atomic E-state index is 13.8. The molecule has 2 heterocycles. The minimum atomic E-state index is -0.428. The van der Waals surface area contributed by atoms with Gasteiger partial charge in [0.15, 0.2) is 0 Å². The lowest BCUT2D eigenvalue weighted by Gasteiger charge is -2.24. The van der Waals surface area contributed by atoms with Crippen LogP contribution >= 0.6 is 0 Å². The van der Waals surface area contributed by atoms with Crippen molar-refractivity contribution in [1.82, 2.24) is 19.6 Å². The van der Waals surface area contributed by atoms with E-state index in [1.807, 2.05) is 24.4 Å². The Hall–Kier alpha value is -1.76. The van der Waals surface area contributed by atoms with Crippen LogP contribution in [0.15, 0.2) is 42.7 Å². The first-order chi connectivity index (χ1) is 11.7. The lowest BCUT2D eigenvalue weighted by molar-refractivity contribution is 0.0961. The molecule has 1 atom stereocenters. The molecule has 0 aliphatic carbocycles. The van der Waals surface area contributed by atoms with E-state index in [2.05, 4.69) is 14.9 Å². The van der Waals surface area contributed by atoms with E-state index in [1.54, 1.807) is 16.9 Å². The van der Waals surface area contributed by atoms with Crippen molar-refractivity contribution >= 4 is 0 Å². The van der Waals surface area contributed by atoms with Crippen LogP contribution in [0, 0.1) is 5.82 Å². The van der Waals surface area contributed by atoms with Crippen molar-refractivity contribution in [3.63, 3.8) is 0 Å². The molecule has 3 rings (SSSR count). The summed E-state index contributed by atoms with van der Waals surface area (Å²) in [5, 5.41) is 14.4. The van der Waals surface area contributed by atoms with Crippen LogP contribution in [0.1, 0.15) is 12.0 Å². The molecule has 0 amide bonds.